The summed E-state index contributed by atoms with van der Waals surface area (Å²) in [6.07, 6.45) is 0. The molecule has 20 heavy (non-hydrogen) atoms. The molecule has 0 aromatic heterocycles. The Bertz CT molecular complexity index is 540. The van der Waals surface area contributed by atoms with Crippen LogP contribution < -0.4 is 14.8 Å². The topological polar surface area (TPSA) is 30.5 Å². The van der Waals surface area contributed by atoms with Gasteiger partial charge in [-0.15, -0.1) is 0 Å². The van der Waals surface area contributed by atoms with E-state index in [0.29, 0.717) is 6.61 Å². The highest BCUT2D eigenvalue weighted by Gasteiger charge is 2.01. The van der Waals surface area contributed by atoms with Gasteiger partial charge in [0.05, 0.1) is 13.7 Å². The highest BCUT2D eigenvalue weighted by molar-refractivity contribution is 5.33. The Balaban J connectivity index is 1.91. The third kappa shape index (κ3) is 4.00. The van der Waals surface area contributed by atoms with E-state index in [9.17, 15) is 0 Å². The maximum absolute atomic E-state index is 5.50. The van der Waals surface area contributed by atoms with Crippen molar-refractivity contribution in [2.45, 2.75) is 20.0 Å². The smallest absolute Gasteiger partial charge is 0.123 e. The molecule has 0 aliphatic carbocycles. The van der Waals surface area contributed by atoms with Gasteiger partial charge in [0, 0.05) is 18.7 Å². The van der Waals surface area contributed by atoms with Crippen molar-refractivity contribution >= 4 is 0 Å². The van der Waals surface area contributed by atoms with Crippen LogP contribution in [-0.2, 0) is 13.1 Å². The molecule has 2 aromatic rings. The highest BCUT2D eigenvalue weighted by Crippen LogP contribution is 2.17. The first kappa shape index (κ1) is 14.4. The van der Waals surface area contributed by atoms with Gasteiger partial charge < -0.3 is 14.8 Å². The molecule has 0 saturated heterocycles. The van der Waals surface area contributed by atoms with Crippen LogP contribution in [-0.4, -0.2) is 13.7 Å². The van der Waals surface area contributed by atoms with Gasteiger partial charge in [-0.3, -0.25) is 0 Å². The first-order valence-corrected chi connectivity index (χ1v) is 6.88. The molecule has 0 heterocycles. The summed E-state index contributed by atoms with van der Waals surface area (Å²) >= 11 is 0. The fraction of sp³-hybridized carbons (Fsp3) is 0.294. The van der Waals surface area contributed by atoms with Crippen molar-refractivity contribution in [1.82, 2.24) is 5.32 Å². The third-order valence-corrected chi connectivity index (χ3v) is 3.05. The normalized spacial score (nSPS) is 10.3. The number of rotatable bonds is 7. The van der Waals surface area contributed by atoms with E-state index in [1.807, 2.05) is 37.3 Å². The zero-order chi connectivity index (χ0) is 14.2. The Labute approximate surface area is 120 Å². The molecule has 0 amide bonds. The Morgan fingerprint density at radius 3 is 2.65 bits per heavy atom. The monoisotopic (exact) mass is 271 g/mol. The van der Waals surface area contributed by atoms with Crippen molar-refractivity contribution in [1.29, 1.82) is 0 Å². The SMILES string of the molecule is CCOc1cccc(CNCc2ccccc2OC)c1. The molecule has 0 saturated carbocycles. The van der Waals surface area contributed by atoms with E-state index in [2.05, 4.69) is 23.5 Å². The second kappa shape index (κ2) is 7.56. The zero-order valence-corrected chi connectivity index (χ0v) is 12.1. The number of nitrogens with one attached hydrogen (secondary N) is 1. The standard InChI is InChI=1S/C17H21NO2/c1-3-20-16-9-6-7-14(11-16)12-18-13-15-8-4-5-10-17(15)19-2/h4-11,18H,3,12-13H2,1-2H3. The fourth-order valence-electron chi connectivity index (χ4n) is 2.10. The minimum atomic E-state index is 0.693. The van der Waals surface area contributed by atoms with Gasteiger partial charge in [0.15, 0.2) is 0 Å². The van der Waals surface area contributed by atoms with Gasteiger partial charge in [0.1, 0.15) is 11.5 Å². The summed E-state index contributed by atoms with van der Waals surface area (Å²) in [4.78, 5) is 0. The summed E-state index contributed by atoms with van der Waals surface area (Å²) in [6, 6.07) is 16.2. The maximum atomic E-state index is 5.50. The lowest BCUT2D eigenvalue weighted by molar-refractivity contribution is 0.340. The van der Waals surface area contributed by atoms with Crippen LogP contribution in [0.2, 0.25) is 0 Å². The number of hydrogen-bond donors (Lipinski definition) is 1. The van der Waals surface area contributed by atoms with Crippen molar-refractivity contribution in [2.75, 3.05) is 13.7 Å². The first-order chi connectivity index (χ1) is 9.83. The second-order valence-electron chi connectivity index (χ2n) is 4.50. The lowest BCUT2D eigenvalue weighted by atomic mass is 10.2. The van der Waals surface area contributed by atoms with E-state index in [1.54, 1.807) is 7.11 Å². The molecule has 2 rings (SSSR count). The summed E-state index contributed by atoms with van der Waals surface area (Å²) in [7, 11) is 1.70. The van der Waals surface area contributed by atoms with Gasteiger partial charge in [-0.05, 0) is 30.7 Å². The van der Waals surface area contributed by atoms with Crippen LogP contribution in [0.4, 0.5) is 0 Å². The summed E-state index contributed by atoms with van der Waals surface area (Å²) in [5, 5.41) is 3.43. The van der Waals surface area contributed by atoms with E-state index in [-0.39, 0.29) is 0 Å². The minimum Gasteiger partial charge on any atom is -0.496 e. The van der Waals surface area contributed by atoms with Crippen LogP contribution in [0.25, 0.3) is 0 Å². The minimum absolute atomic E-state index is 0.693. The molecule has 0 fully saturated rings. The van der Waals surface area contributed by atoms with E-state index in [4.69, 9.17) is 9.47 Å². The molecule has 0 atom stereocenters. The number of benzene rings is 2. The summed E-state index contributed by atoms with van der Waals surface area (Å²) in [6.45, 7) is 4.27. The molecule has 0 aliphatic rings. The van der Waals surface area contributed by atoms with E-state index in [0.717, 1.165) is 30.2 Å². The van der Waals surface area contributed by atoms with Crippen molar-refractivity contribution in [2.24, 2.45) is 0 Å². The van der Waals surface area contributed by atoms with Gasteiger partial charge in [-0.2, -0.15) is 0 Å². The van der Waals surface area contributed by atoms with Gasteiger partial charge in [-0.1, -0.05) is 30.3 Å². The average Bonchev–Trinajstić information content (AvgIpc) is 2.48. The molecule has 0 aliphatic heterocycles. The molecule has 3 nitrogen and oxygen atoms in total. The summed E-state index contributed by atoms with van der Waals surface area (Å²) < 4.78 is 10.8. The Morgan fingerprint density at radius 2 is 1.85 bits per heavy atom. The zero-order valence-electron chi connectivity index (χ0n) is 12.1. The maximum Gasteiger partial charge on any atom is 0.123 e. The largest absolute Gasteiger partial charge is 0.496 e. The van der Waals surface area contributed by atoms with Crippen molar-refractivity contribution in [3.63, 3.8) is 0 Å². The fourth-order valence-corrected chi connectivity index (χ4v) is 2.10. The van der Waals surface area contributed by atoms with Crippen LogP contribution in [0.1, 0.15) is 18.1 Å². The van der Waals surface area contributed by atoms with Crippen LogP contribution in [0.5, 0.6) is 11.5 Å². The predicted octanol–water partition coefficient (Wildman–Crippen LogP) is 3.38. The van der Waals surface area contributed by atoms with Crippen molar-refractivity contribution < 1.29 is 9.47 Å². The quantitative estimate of drug-likeness (QED) is 0.837. The molecule has 106 valence electrons. The van der Waals surface area contributed by atoms with Crippen LogP contribution in [0.3, 0.4) is 0 Å². The van der Waals surface area contributed by atoms with Gasteiger partial charge in [-0.25, -0.2) is 0 Å². The van der Waals surface area contributed by atoms with Gasteiger partial charge in [0.2, 0.25) is 0 Å². The van der Waals surface area contributed by atoms with Crippen LogP contribution >= 0.6 is 0 Å². The Hall–Kier alpha value is -2.00. The van der Waals surface area contributed by atoms with Crippen molar-refractivity contribution in [3.8, 4) is 11.5 Å². The molecule has 1 N–H and O–H groups in total. The first-order valence-electron chi connectivity index (χ1n) is 6.88. The number of hydrogen-bond acceptors (Lipinski definition) is 3. The van der Waals surface area contributed by atoms with E-state index < -0.39 is 0 Å². The molecule has 3 heteroatoms. The summed E-state index contributed by atoms with van der Waals surface area (Å²) in [5.74, 6) is 1.84. The summed E-state index contributed by atoms with van der Waals surface area (Å²) in [5.41, 5.74) is 2.38. The Kier molecular flexibility index (Phi) is 5.44. The van der Waals surface area contributed by atoms with E-state index in [1.165, 1.54) is 5.56 Å². The average molecular weight is 271 g/mol. The highest BCUT2D eigenvalue weighted by atomic mass is 16.5. The Morgan fingerprint density at radius 1 is 1.00 bits per heavy atom. The number of para-hydroxylation sites is 1. The van der Waals surface area contributed by atoms with Gasteiger partial charge in [0.25, 0.3) is 0 Å². The van der Waals surface area contributed by atoms with Gasteiger partial charge >= 0.3 is 0 Å². The third-order valence-electron chi connectivity index (χ3n) is 3.05. The van der Waals surface area contributed by atoms with Crippen LogP contribution in [0, 0.1) is 0 Å². The molecule has 0 bridgehead atoms. The molecule has 2 aromatic carbocycles. The molecule has 0 radical (unpaired) electrons. The number of methoxy groups -OCH3 is 1. The molecular formula is C17H21NO2. The van der Waals surface area contributed by atoms with Crippen molar-refractivity contribution in [3.05, 3.63) is 59.7 Å². The van der Waals surface area contributed by atoms with Crippen LogP contribution in [0.15, 0.2) is 48.5 Å². The molecular weight excluding hydrogens is 250 g/mol. The molecule has 0 unspecified atom stereocenters. The molecule has 0 spiro atoms. The lowest BCUT2D eigenvalue weighted by Gasteiger charge is -2.10. The van der Waals surface area contributed by atoms with E-state index >= 15 is 0 Å². The second-order valence-corrected chi connectivity index (χ2v) is 4.50. The lowest BCUT2D eigenvalue weighted by Crippen LogP contribution is -2.13. The predicted molar refractivity (Wildman–Crippen MR) is 81.1 cm³/mol. The number of ether oxygens (including phenoxy) is 2.